The van der Waals surface area contributed by atoms with Gasteiger partial charge in [-0.05, 0) is 19.9 Å². The molecule has 0 saturated carbocycles. The third kappa shape index (κ3) is 3.04. The molecule has 5 heteroatoms. The molecule has 0 fully saturated rings. The Labute approximate surface area is 92.7 Å². The van der Waals surface area contributed by atoms with Crippen molar-refractivity contribution in [3.05, 3.63) is 17.3 Å². The van der Waals surface area contributed by atoms with Crippen LogP contribution in [-0.4, -0.2) is 21.4 Å². The maximum absolute atomic E-state index is 9.08. The fourth-order valence-corrected chi connectivity index (χ4v) is 1.95. The van der Waals surface area contributed by atoms with Gasteiger partial charge in [0.1, 0.15) is 5.03 Å². The molecule has 0 amide bonds. The zero-order chi connectivity index (χ0) is 10.8. The molecule has 3 N–H and O–H groups in total. The molecule has 0 unspecified atom stereocenters. The summed E-state index contributed by atoms with van der Waals surface area (Å²) in [6, 6.07) is 1.66. The third-order valence-corrected chi connectivity index (χ3v) is 3.18. The smallest absolute Gasteiger partial charge is 0.115 e. The number of nitrogen functional groups attached to an aromatic ring is 1. The zero-order valence-electron chi connectivity index (χ0n) is 8.12. The Morgan fingerprint density at radius 3 is 2.79 bits per heavy atom. The van der Waals surface area contributed by atoms with Crippen molar-refractivity contribution in [2.75, 3.05) is 12.3 Å². The minimum atomic E-state index is -0.285. The molecular weight excluding hydrogens is 220 g/mol. The van der Waals surface area contributed by atoms with Crippen molar-refractivity contribution in [1.29, 1.82) is 0 Å². The van der Waals surface area contributed by atoms with Crippen LogP contribution in [0.2, 0.25) is 5.02 Å². The molecule has 1 aromatic heterocycles. The summed E-state index contributed by atoms with van der Waals surface area (Å²) in [6.07, 6.45) is 1.56. The number of nitrogens with zero attached hydrogens (tertiary/aromatic N) is 1. The molecule has 0 aliphatic rings. The SMILES string of the molecule is CC(C)(CO)Sc1ncc(N)cc1Cl. The fourth-order valence-electron chi connectivity index (χ4n) is 0.809. The van der Waals surface area contributed by atoms with Crippen LogP contribution >= 0.6 is 23.4 Å². The lowest BCUT2D eigenvalue weighted by molar-refractivity contribution is 0.265. The van der Waals surface area contributed by atoms with Crippen molar-refractivity contribution >= 4 is 29.1 Å². The van der Waals surface area contributed by atoms with Crippen molar-refractivity contribution in [1.82, 2.24) is 4.98 Å². The molecule has 1 rings (SSSR count). The maximum Gasteiger partial charge on any atom is 0.115 e. The number of rotatable bonds is 3. The molecule has 0 bridgehead atoms. The number of aliphatic hydroxyl groups excluding tert-OH is 1. The second-order valence-corrected chi connectivity index (χ2v) is 5.68. The first-order valence-electron chi connectivity index (χ1n) is 4.15. The van der Waals surface area contributed by atoms with Crippen LogP contribution in [0.15, 0.2) is 17.3 Å². The van der Waals surface area contributed by atoms with Crippen molar-refractivity contribution in [2.45, 2.75) is 23.6 Å². The van der Waals surface area contributed by atoms with Gasteiger partial charge in [0.25, 0.3) is 0 Å². The van der Waals surface area contributed by atoms with Gasteiger partial charge in [-0.25, -0.2) is 4.98 Å². The van der Waals surface area contributed by atoms with Gasteiger partial charge in [0, 0.05) is 4.75 Å². The Kier molecular flexibility index (Phi) is 3.64. The molecule has 0 aliphatic carbocycles. The van der Waals surface area contributed by atoms with E-state index < -0.39 is 0 Å². The van der Waals surface area contributed by atoms with Crippen molar-refractivity contribution in [3.63, 3.8) is 0 Å². The van der Waals surface area contributed by atoms with Gasteiger partial charge in [0.05, 0.1) is 23.5 Å². The monoisotopic (exact) mass is 232 g/mol. The second kappa shape index (κ2) is 4.38. The summed E-state index contributed by atoms with van der Waals surface area (Å²) in [6.45, 7) is 3.91. The molecule has 0 aliphatic heterocycles. The van der Waals surface area contributed by atoms with Crippen LogP contribution in [0.5, 0.6) is 0 Å². The van der Waals surface area contributed by atoms with Gasteiger partial charge < -0.3 is 10.8 Å². The molecule has 0 radical (unpaired) electrons. The van der Waals surface area contributed by atoms with Crippen LogP contribution in [-0.2, 0) is 0 Å². The van der Waals surface area contributed by atoms with Gasteiger partial charge in [0.15, 0.2) is 0 Å². The van der Waals surface area contributed by atoms with E-state index in [1.807, 2.05) is 13.8 Å². The second-order valence-electron chi connectivity index (χ2n) is 3.58. The molecule has 0 atom stereocenters. The van der Waals surface area contributed by atoms with Gasteiger partial charge in [-0.3, -0.25) is 0 Å². The lowest BCUT2D eigenvalue weighted by Crippen LogP contribution is -2.20. The van der Waals surface area contributed by atoms with E-state index >= 15 is 0 Å². The van der Waals surface area contributed by atoms with Crippen LogP contribution in [0.4, 0.5) is 5.69 Å². The first kappa shape index (κ1) is 11.6. The number of hydrogen-bond acceptors (Lipinski definition) is 4. The van der Waals surface area contributed by atoms with Gasteiger partial charge in [-0.2, -0.15) is 0 Å². The summed E-state index contributed by atoms with van der Waals surface area (Å²) in [5, 5.41) is 10.3. The summed E-state index contributed by atoms with van der Waals surface area (Å²) >= 11 is 7.38. The molecule has 14 heavy (non-hydrogen) atoms. The normalized spacial score (nSPS) is 11.7. The molecule has 0 aromatic carbocycles. The Morgan fingerprint density at radius 1 is 1.64 bits per heavy atom. The number of aliphatic hydroxyl groups is 1. The van der Waals surface area contributed by atoms with Gasteiger partial charge in [0.2, 0.25) is 0 Å². The summed E-state index contributed by atoms with van der Waals surface area (Å²) in [5.41, 5.74) is 6.06. The predicted octanol–water partition coefficient (Wildman–Crippen LogP) is 2.18. The lowest BCUT2D eigenvalue weighted by Gasteiger charge is -2.20. The summed E-state index contributed by atoms with van der Waals surface area (Å²) in [5.74, 6) is 0. The fraction of sp³-hybridized carbons (Fsp3) is 0.444. The molecular formula is C9H13ClN2OS. The van der Waals surface area contributed by atoms with E-state index in [0.717, 1.165) is 0 Å². The average Bonchev–Trinajstić information content (AvgIpc) is 2.10. The highest BCUT2D eigenvalue weighted by molar-refractivity contribution is 8.00. The minimum absolute atomic E-state index is 0.0695. The summed E-state index contributed by atoms with van der Waals surface area (Å²) < 4.78 is -0.285. The highest BCUT2D eigenvalue weighted by atomic mass is 35.5. The van der Waals surface area contributed by atoms with E-state index in [0.29, 0.717) is 15.7 Å². The minimum Gasteiger partial charge on any atom is -0.397 e. The number of hydrogen-bond donors (Lipinski definition) is 2. The molecule has 3 nitrogen and oxygen atoms in total. The molecule has 0 saturated heterocycles. The highest BCUT2D eigenvalue weighted by Gasteiger charge is 2.20. The number of aromatic nitrogens is 1. The number of pyridine rings is 1. The predicted molar refractivity (Wildman–Crippen MR) is 60.7 cm³/mol. The molecule has 78 valence electrons. The van der Waals surface area contributed by atoms with Crippen LogP contribution in [0.1, 0.15) is 13.8 Å². The van der Waals surface area contributed by atoms with Crippen LogP contribution in [0, 0.1) is 0 Å². The highest BCUT2D eigenvalue weighted by Crippen LogP contribution is 2.35. The zero-order valence-corrected chi connectivity index (χ0v) is 9.69. The molecule has 1 heterocycles. The topological polar surface area (TPSA) is 59.1 Å². The van der Waals surface area contributed by atoms with E-state index in [1.54, 1.807) is 12.3 Å². The summed E-state index contributed by atoms with van der Waals surface area (Å²) in [7, 11) is 0. The number of thioether (sulfide) groups is 1. The number of nitrogens with two attached hydrogens (primary N) is 1. The van der Waals surface area contributed by atoms with Gasteiger partial charge in [-0.1, -0.05) is 23.4 Å². The Morgan fingerprint density at radius 2 is 2.29 bits per heavy atom. The Bertz CT molecular complexity index is 331. The van der Waals surface area contributed by atoms with Crippen molar-refractivity contribution in [2.24, 2.45) is 0 Å². The number of halogens is 1. The van der Waals surface area contributed by atoms with E-state index in [2.05, 4.69) is 4.98 Å². The maximum atomic E-state index is 9.08. The van der Waals surface area contributed by atoms with Gasteiger partial charge in [-0.15, -0.1) is 0 Å². The van der Waals surface area contributed by atoms with E-state index in [-0.39, 0.29) is 11.4 Å². The third-order valence-electron chi connectivity index (χ3n) is 1.58. The van der Waals surface area contributed by atoms with Crippen LogP contribution < -0.4 is 5.73 Å². The lowest BCUT2D eigenvalue weighted by atomic mass is 10.2. The van der Waals surface area contributed by atoms with Crippen molar-refractivity contribution in [3.8, 4) is 0 Å². The van der Waals surface area contributed by atoms with E-state index in [1.165, 1.54) is 11.8 Å². The van der Waals surface area contributed by atoms with E-state index in [9.17, 15) is 0 Å². The standard InChI is InChI=1S/C9H13ClN2OS/c1-9(2,5-13)14-8-7(10)3-6(11)4-12-8/h3-4,13H,5,11H2,1-2H3. The largest absolute Gasteiger partial charge is 0.397 e. The summed E-state index contributed by atoms with van der Waals surface area (Å²) in [4.78, 5) is 4.11. The Hall–Kier alpha value is -0.450. The molecule has 0 spiro atoms. The molecule has 1 aromatic rings. The number of anilines is 1. The quantitative estimate of drug-likeness (QED) is 0.785. The van der Waals surface area contributed by atoms with Crippen LogP contribution in [0.25, 0.3) is 0 Å². The average molecular weight is 233 g/mol. The van der Waals surface area contributed by atoms with E-state index in [4.69, 9.17) is 22.4 Å². The van der Waals surface area contributed by atoms with Crippen LogP contribution in [0.3, 0.4) is 0 Å². The van der Waals surface area contributed by atoms with Crippen molar-refractivity contribution < 1.29 is 5.11 Å². The first-order valence-corrected chi connectivity index (χ1v) is 5.35. The van der Waals surface area contributed by atoms with Gasteiger partial charge >= 0.3 is 0 Å². The Balaban J connectivity index is 2.87. The first-order chi connectivity index (χ1) is 6.44.